The lowest BCUT2D eigenvalue weighted by molar-refractivity contribution is 0.494. The summed E-state index contributed by atoms with van der Waals surface area (Å²) in [4.78, 5) is 2.39. The van der Waals surface area contributed by atoms with Crippen LogP contribution in [0.15, 0.2) is 158 Å². The molecule has 2 aliphatic heterocycles. The van der Waals surface area contributed by atoms with Gasteiger partial charge in [-0.25, -0.2) is 0 Å². The van der Waals surface area contributed by atoms with Gasteiger partial charge in [0.1, 0.15) is 11.5 Å². The summed E-state index contributed by atoms with van der Waals surface area (Å²) in [5, 5.41) is 6.52. The van der Waals surface area contributed by atoms with Crippen LogP contribution < -0.4 is 25.3 Å². The van der Waals surface area contributed by atoms with E-state index in [1.807, 2.05) is 22.7 Å². The van der Waals surface area contributed by atoms with Gasteiger partial charge in [-0.3, -0.25) is 0 Å². The van der Waals surface area contributed by atoms with Gasteiger partial charge in [0.2, 0.25) is 0 Å². The van der Waals surface area contributed by atoms with Crippen LogP contribution in [0.25, 0.3) is 57.8 Å². The first kappa shape index (κ1) is 42.5. The molecule has 5 heterocycles. The average molecular weight is 931 g/mol. The zero-order valence-electron chi connectivity index (χ0n) is 40.9. The van der Waals surface area contributed by atoms with E-state index in [9.17, 15) is 0 Å². The molecule has 0 fully saturated rings. The molecule has 338 valence electrons. The highest BCUT2D eigenvalue weighted by Crippen LogP contribution is 2.48. The SMILES string of the molecule is CC(C)(C)c1ccc2sc3c(c2c1)Oc1cc(N(c2ccccc2)c2ccccc2)cc2c1B3c1c(cc(-n3c4ccc(C(C)(C)C)cc4c4cc(C(C)(C)C)ccc43)c3sc4ccccc4c13)C2. The van der Waals surface area contributed by atoms with Crippen molar-refractivity contribution in [1.82, 2.24) is 4.57 Å². The Balaban J connectivity index is 1.14. The van der Waals surface area contributed by atoms with Crippen molar-refractivity contribution in [2.45, 2.75) is 85.0 Å². The van der Waals surface area contributed by atoms with Crippen molar-refractivity contribution in [3.8, 4) is 17.2 Å². The molecule has 2 aliphatic rings. The molecule has 0 amide bonds. The predicted octanol–water partition coefficient (Wildman–Crippen LogP) is 16.3. The van der Waals surface area contributed by atoms with Gasteiger partial charge in [-0.1, -0.05) is 141 Å². The number of rotatable bonds is 4. The first-order chi connectivity index (χ1) is 33.1. The molecule has 0 saturated carbocycles. The third-order valence-electron chi connectivity index (χ3n) is 15.0. The van der Waals surface area contributed by atoms with Crippen molar-refractivity contribution in [2.75, 3.05) is 4.90 Å². The second-order valence-electron chi connectivity index (χ2n) is 22.6. The van der Waals surface area contributed by atoms with Crippen molar-refractivity contribution in [3.05, 3.63) is 186 Å². The van der Waals surface area contributed by atoms with E-state index in [-0.39, 0.29) is 23.0 Å². The monoisotopic (exact) mass is 930 g/mol. The van der Waals surface area contributed by atoms with Gasteiger partial charge in [-0.15, -0.1) is 22.7 Å². The average Bonchev–Trinajstić information content (AvgIpc) is 4.00. The molecule has 3 aromatic heterocycles. The summed E-state index contributed by atoms with van der Waals surface area (Å²) in [6, 6.07) is 59.6. The molecule has 0 radical (unpaired) electrons. The standard InChI is InChI=1S/C63H55BN2OS2/c1-61(2,3)39-24-27-49-46(33-39)47-34-40(62(4,5)6)25-28-50(47)66(49)51-32-38-30-37-31-44(65(42-18-12-10-13-19-42)43-20-14-11-15-21-43)36-52-56(37)64(57(38)55-45-22-16-17-23-53(45)68-59(51)55)60-58(67-52)48-35-41(63(7,8)9)26-29-54(48)69-60/h10-29,31-36H,30H2,1-9H3. The van der Waals surface area contributed by atoms with Crippen LogP contribution in [-0.2, 0) is 22.7 Å². The van der Waals surface area contributed by atoms with Gasteiger partial charge in [-0.05, 0) is 146 Å². The summed E-state index contributed by atoms with van der Waals surface area (Å²) in [7, 11) is 0. The zero-order chi connectivity index (χ0) is 47.3. The number of ether oxygens (including phenoxy) is 1. The number of anilines is 3. The van der Waals surface area contributed by atoms with Crippen molar-refractivity contribution in [2.24, 2.45) is 0 Å². The Morgan fingerprint density at radius 3 is 1.64 bits per heavy atom. The molecule has 11 aromatic rings. The second-order valence-corrected chi connectivity index (χ2v) is 24.7. The second kappa shape index (κ2) is 15.0. The highest BCUT2D eigenvalue weighted by atomic mass is 32.1. The Morgan fingerprint density at radius 1 is 0.493 bits per heavy atom. The van der Waals surface area contributed by atoms with Gasteiger partial charge in [0.25, 0.3) is 6.71 Å². The normalized spacial score (nSPS) is 13.6. The van der Waals surface area contributed by atoms with E-state index in [0.717, 1.165) is 35.0 Å². The van der Waals surface area contributed by atoms with E-state index in [1.165, 1.54) is 101 Å². The maximum atomic E-state index is 7.43. The summed E-state index contributed by atoms with van der Waals surface area (Å²) in [6.07, 6.45) is 0.782. The summed E-state index contributed by atoms with van der Waals surface area (Å²) in [5.74, 6) is 1.95. The van der Waals surface area contributed by atoms with Crippen LogP contribution in [0.2, 0.25) is 0 Å². The van der Waals surface area contributed by atoms with Crippen molar-refractivity contribution in [1.29, 1.82) is 0 Å². The van der Waals surface area contributed by atoms with Crippen LogP contribution in [0.3, 0.4) is 0 Å². The molecule has 0 aliphatic carbocycles. The van der Waals surface area contributed by atoms with Crippen LogP contribution in [0.4, 0.5) is 17.1 Å². The molecule has 3 nitrogen and oxygen atoms in total. The fraction of sp³-hybridized carbons (Fsp3) is 0.206. The molecule has 13 rings (SSSR count). The molecule has 0 bridgehead atoms. The number of para-hydroxylation sites is 2. The van der Waals surface area contributed by atoms with E-state index in [4.69, 9.17) is 4.74 Å². The number of nitrogens with zero attached hydrogens (tertiary/aromatic N) is 2. The van der Waals surface area contributed by atoms with Gasteiger partial charge in [0, 0.05) is 47.8 Å². The number of hydrogen-bond donors (Lipinski definition) is 0. The van der Waals surface area contributed by atoms with E-state index in [1.54, 1.807) is 0 Å². The van der Waals surface area contributed by atoms with Crippen LogP contribution in [0, 0.1) is 0 Å². The fourth-order valence-electron chi connectivity index (χ4n) is 11.4. The van der Waals surface area contributed by atoms with Crippen LogP contribution in [0.1, 0.15) is 90.1 Å². The van der Waals surface area contributed by atoms with Crippen LogP contribution >= 0.6 is 22.7 Å². The number of fused-ring (bicyclic) bond motifs is 13. The third kappa shape index (κ3) is 6.58. The topological polar surface area (TPSA) is 17.4 Å². The molecular weight excluding hydrogens is 876 g/mol. The Morgan fingerprint density at radius 2 is 1.03 bits per heavy atom. The maximum Gasteiger partial charge on any atom is 0.265 e. The molecular formula is C63H55BN2OS2. The van der Waals surface area contributed by atoms with Gasteiger partial charge >= 0.3 is 0 Å². The lowest BCUT2D eigenvalue weighted by Crippen LogP contribution is -2.58. The van der Waals surface area contributed by atoms with Gasteiger partial charge in [0.05, 0.1) is 27.1 Å². The first-order valence-electron chi connectivity index (χ1n) is 24.5. The van der Waals surface area contributed by atoms with E-state index in [2.05, 4.69) is 230 Å². The number of thiophene rings is 2. The Labute approximate surface area is 413 Å². The molecule has 0 unspecified atom stereocenters. The highest BCUT2D eigenvalue weighted by Gasteiger charge is 2.44. The quantitative estimate of drug-likeness (QED) is 0.164. The number of hydrogen-bond acceptors (Lipinski definition) is 4. The Hall–Kier alpha value is -6.60. The molecule has 0 saturated heterocycles. The van der Waals surface area contributed by atoms with Crippen molar-refractivity contribution < 1.29 is 4.74 Å². The zero-order valence-corrected chi connectivity index (χ0v) is 42.5. The largest absolute Gasteiger partial charge is 0.457 e. The molecule has 0 spiro atoms. The van der Waals surface area contributed by atoms with Gasteiger partial charge in [0.15, 0.2) is 0 Å². The van der Waals surface area contributed by atoms with Gasteiger partial charge < -0.3 is 14.2 Å². The maximum absolute atomic E-state index is 7.43. The van der Waals surface area contributed by atoms with E-state index < -0.39 is 0 Å². The molecule has 6 heteroatoms. The van der Waals surface area contributed by atoms with Crippen LogP contribution in [0.5, 0.6) is 11.5 Å². The smallest absolute Gasteiger partial charge is 0.265 e. The number of benzene rings is 8. The lowest BCUT2D eigenvalue weighted by Gasteiger charge is -2.35. The minimum atomic E-state index is -0.00895. The van der Waals surface area contributed by atoms with Crippen molar-refractivity contribution >= 4 is 114 Å². The minimum absolute atomic E-state index is 0.00712. The minimum Gasteiger partial charge on any atom is -0.457 e. The molecule has 69 heavy (non-hydrogen) atoms. The first-order valence-corrected chi connectivity index (χ1v) is 26.1. The molecule has 0 N–H and O–H groups in total. The highest BCUT2D eigenvalue weighted by molar-refractivity contribution is 7.33. The van der Waals surface area contributed by atoms with Crippen LogP contribution in [-0.4, -0.2) is 11.3 Å². The fourth-order valence-corrected chi connectivity index (χ4v) is 13.8. The molecule has 8 aromatic carbocycles. The van der Waals surface area contributed by atoms with E-state index >= 15 is 0 Å². The number of aromatic nitrogens is 1. The lowest BCUT2D eigenvalue weighted by atomic mass is 9.34. The summed E-state index contributed by atoms with van der Waals surface area (Å²) >= 11 is 3.86. The Bertz CT molecular complexity index is 3800. The van der Waals surface area contributed by atoms with E-state index in [0.29, 0.717) is 0 Å². The third-order valence-corrected chi connectivity index (χ3v) is 17.4. The molecule has 0 atom stereocenters. The summed E-state index contributed by atoms with van der Waals surface area (Å²) in [6.45, 7) is 20.9. The Kier molecular flexibility index (Phi) is 9.21. The van der Waals surface area contributed by atoms with Gasteiger partial charge in [-0.2, -0.15) is 0 Å². The van der Waals surface area contributed by atoms with Crippen molar-refractivity contribution in [3.63, 3.8) is 0 Å². The predicted molar refractivity (Wildman–Crippen MR) is 300 cm³/mol. The summed E-state index contributed by atoms with van der Waals surface area (Å²) < 4.78 is 15.2. The summed E-state index contributed by atoms with van der Waals surface area (Å²) in [5.41, 5.74) is 16.5.